The molecule has 0 aromatic heterocycles. The fourth-order valence-electron chi connectivity index (χ4n) is 4.99. The summed E-state index contributed by atoms with van der Waals surface area (Å²) in [5.41, 5.74) is 1.26. The van der Waals surface area contributed by atoms with Crippen molar-refractivity contribution in [1.82, 2.24) is 0 Å². The summed E-state index contributed by atoms with van der Waals surface area (Å²) < 4.78 is 0. The maximum Gasteiger partial charge on any atom is 0.101 e. The Kier molecular flexibility index (Phi) is 10.1. The van der Waals surface area contributed by atoms with Gasteiger partial charge in [-0.3, -0.25) is 0 Å². The van der Waals surface area contributed by atoms with Crippen LogP contribution in [0.4, 0.5) is 0 Å². The summed E-state index contributed by atoms with van der Waals surface area (Å²) in [7, 11) is -1.93. The molecule has 0 fully saturated rings. The van der Waals surface area contributed by atoms with Crippen LogP contribution in [0.15, 0.2) is 30.3 Å². The molecular weight excluding hydrogens is 380 g/mol. The Bertz CT molecular complexity index is 862. The van der Waals surface area contributed by atoms with Gasteiger partial charge in [0.1, 0.15) is 12.1 Å². The third-order valence-electron chi connectivity index (χ3n) is 6.59. The van der Waals surface area contributed by atoms with E-state index >= 15 is 0 Å². The van der Waals surface area contributed by atoms with Crippen LogP contribution >= 0.6 is 0 Å². The van der Waals surface area contributed by atoms with E-state index in [2.05, 4.69) is 51.1 Å². The van der Waals surface area contributed by atoms with Crippen LogP contribution in [0.5, 0.6) is 0 Å². The van der Waals surface area contributed by atoms with Gasteiger partial charge in [-0.05, 0) is 22.0 Å². The van der Waals surface area contributed by atoms with Gasteiger partial charge >= 0.3 is 0 Å². The smallest absolute Gasteiger partial charge is 0.101 e. The molecule has 0 N–H and O–H groups in total. The summed E-state index contributed by atoms with van der Waals surface area (Å²) in [5.74, 6) is 0. The van der Waals surface area contributed by atoms with Gasteiger partial charge in [-0.1, -0.05) is 121 Å². The maximum atomic E-state index is 10.2. The highest BCUT2D eigenvalue weighted by atomic mass is 28.3. The minimum Gasteiger partial charge on any atom is -0.192 e. The number of unbranched alkanes of at least 4 members (excludes halogenated alkanes) is 6. The predicted molar refractivity (Wildman–Crippen MR) is 132 cm³/mol. The van der Waals surface area contributed by atoms with Crippen molar-refractivity contribution >= 4 is 24.0 Å². The predicted octanol–water partition coefficient (Wildman–Crippen LogP) is 7.81. The molecule has 3 heteroatoms. The molecule has 160 valence electrons. The van der Waals surface area contributed by atoms with E-state index in [1.165, 1.54) is 86.5 Å². The summed E-state index contributed by atoms with van der Waals surface area (Å²) in [6, 6.07) is 19.0. The quantitative estimate of drug-likeness (QED) is 0.246. The zero-order valence-corrected chi connectivity index (χ0v) is 20.3. The van der Waals surface area contributed by atoms with Crippen LogP contribution in [0.2, 0.25) is 18.1 Å². The number of nitrogens with zero attached hydrogens (tertiary/aromatic N) is 2. The van der Waals surface area contributed by atoms with Crippen molar-refractivity contribution in [2.75, 3.05) is 0 Å². The highest BCUT2D eigenvalue weighted by Crippen LogP contribution is 2.33. The number of hydrogen-bond acceptors (Lipinski definition) is 2. The van der Waals surface area contributed by atoms with Gasteiger partial charge in [0.05, 0.1) is 19.2 Å². The molecule has 0 saturated carbocycles. The first-order chi connectivity index (χ1) is 14.7. The van der Waals surface area contributed by atoms with Crippen LogP contribution in [0, 0.1) is 22.7 Å². The van der Waals surface area contributed by atoms with Crippen molar-refractivity contribution in [2.45, 2.75) is 96.7 Å². The summed E-state index contributed by atoms with van der Waals surface area (Å²) in [4.78, 5) is 0. The average Bonchev–Trinajstić information content (AvgIpc) is 2.77. The number of nitriles is 2. The third-order valence-corrected chi connectivity index (χ3v) is 12.1. The Morgan fingerprint density at radius 2 is 1.27 bits per heavy atom. The molecule has 0 aliphatic heterocycles. The molecule has 0 heterocycles. The first-order valence-electron chi connectivity index (χ1n) is 12.0. The molecule has 0 atom stereocenters. The molecule has 0 amide bonds. The Morgan fingerprint density at radius 3 is 1.73 bits per heavy atom. The van der Waals surface area contributed by atoms with Gasteiger partial charge in [-0.2, -0.15) is 10.5 Å². The number of hydrogen-bond donors (Lipinski definition) is 0. The Morgan fingerprint density at radius 1 is 0.733 bits per heavy atom. The molecular formula is C27H38N2Si. The molecule has 30 heavy (non-hydrogen) atoms. The molecule has 0 aliphatic carbocycles. The van der Waals surface area contributed by atoms with Crippen LogP contribution in [0.3, 0.4) is 0 Å². The first-order valence-corrected chi connectivity index (χ1v) is 14.7. The highest BCUT2D eigenvalue weighted by Gasteiger charge is 2.37. The van der Waals surface area contributed by atoms with Crippen molar-refractivity contribution in [3.8, 4) is 12.1 Å². The lowest BCUT2D eigenvalue weighted by Crippen LogP contribution is -2.49. The minimum atomic E-state index is -1.93. The zero-order valence-electron chi connectivity index (χ0n) is 19.3. The third kappa shape index (κ3) is 5.74. The van der Waals surface area contributed by atoms with E-state index in [4.69, 9.17) is 0 Å². The van der Waals surface area contributed by atoms with Crippen LogP contribution in [0.25, 0.3) is 10.8 Å². The van der Waals surface area contributed by atoms with Crippen LogP contribution in [-0.4, -0.2) is 8.07 Å². The highest BCUT2D eigenvalue weighted by molar-refractivity contribution is 6.94. The standard InChI is InChI=1S/C27H38N2Si/c1-4-7-12-17-30(18-13-8-5-2,19-14-9-6-3)27-25-16-11-10-15-23(25)20-24(21-28)26(27)22-29/h10-11,15-16,20H,4-9,12-14,17-19H2,1-3H3. The van der Waals surface area contributed by atoms with Crippen LogP contribution < -0.4 is 5.19 Å². The van der Waals surface area contributed by atoms with Gasteiger partial charge in [0, 0.05) is 0 Å². The molecule has 0 bridgehead atoms. The minimum absolute atomic E-state index is 0.574. The lowest BCUT2D eigenvalue weighted by atomic mass is 10.0. The van der Waals surface area contributed by atoms with Crippen LogP contribution in [0.1, 0.15) is 89.7 Å². The molecule has 2 aromatic rings. The lowest BCUT2D eigenvalue weighted by Gasteiger charge is -2.35. The molecule has 0 aliphatic rings. The van der Waals surface area contributed by atoms with Gasteiger partial charge in [0.2, 0.25) is 0 Å². The molecule has 2 nitrogen and oxygen atoms in total. The van der Waals surface area contributed by atoms with Gasteiger partial charge in [-0.15, -0.1) is 0 Å². The van der Waals surface area contributed by atoms with E-state index < -0.39 is 8.07 Å². The van der Waals surface area contributed by atoms with E-state index in [0.717, 1.165) is 5.39 Å². The average molecular weight is 419 g/mol. The van der Waals surface area contributed by atoms with Gasteiger partial charge in [0.15, 0.2) is 0 Å². The number of rotatable bonds is 13. The van der Waals surface area contributed by atoms with E-state index in [9.17, 15) is 10.5 Å². The topological polar surface area (TPSA) is 47.6 Å². The van der Waals surface area contributed by atoms with E-state index in [1.807, 2.05) is 12.1 Å². The van der Waals surface area contributed by atoms with E-state index in [1.54, 1.807) is 0 Å². The lowest BCUT2D eigenvalue weighted by molar-refractivity contribution is 0.720. The summed E-state index contributed by atoms with van der Waals surface area (Å²) >= 11 is 0. The molecule has 0 unspecified atom stereocenters. The molecule has 0 saturated heterocycles. The van der Waals surface area contributed by atoms with E-state index in [0.29, 0.717) is 11.1 Å². The summed E-state index contributed by atoms with van der Waals surface area (Å²) in [5, 5.41) is 23.7. The first kappa shape index (κ1) is 24.2. The fraction of sp³-hybridized carbons (Fsp3) is 0.556. The maximum absolute atomic E-state index is 10.2. The summed E-state index contributed by atoms with van der Waals surface area (Å²) in [6.45, 7) is 6.80. The second kappa shape index (κ2) is 12.6. The fourth-order valence-corrected chi connectivity index (χ4v) is 10.8. The summed E-state index contributed by atoms with van der Waals surface area (Å²) in [6.07, 6.45) is 11.2. The molecule has 2 rings (SSSR count). The second-order valence-corrected chi connectivity index (χ2v) is 13.3. The van der Waals surface area contributed by atoms with Crippen molar-refractivity contribution in [3.63, 3.8) is 0 Å². The second-order valence-electron chi connectivity index (χ2n) is 8.77. The molecule has 0 spiro atoms. The van der Waals surface area contributed by atoms with Crippen molar-refractivity contribution < 1.29 is 0 Å². The van der Waals surface area contributed by atoms with Crippen molar-refractivity contribution in [1.29, 1.82) is 10.5 Å². The molecule has 0 radical (unpaired) electrons. The SMILES string of the molecule is CCCCC[Si](CCCCC)(CCCCC)c1c(C#N)c(C#N)cc2ccccc12. The van der Waals surface area contributed by atoms with E-state index in [-0.39, 0.29) is 0 Å². The monoisotopic (exact) mass is 418 g/mol. The largest absolute Gasteiger partial charge is 0.192 e. The van der Waals surface area contributed by atoms with Crippen molar-refractivity contribution in [3.05, 3.63) is 41.5 Å². The van der Waals surface area contributed by atoms with Crippen molar-refractivity contribution in [2.24, 2.45) is 0 Å². The number of benzene rings is 2. The number of fused-ring (bicyclic) bond motifs is 1. The van der Waals surface area contributed by atoms with Crippen LogP contribution in [-0.2, 0) is 0 Å². The normalized spacial score (nSPS) is 11.4. The Balaban J connectivity index is 2.74. The Labute approximate surface area is 184 Å². The zero-order chi connectivity index (χ0) is 21.8. The Hall–Kier alpha value is -2.10. The van der Waals surface area contributed by atoms with Gasteiger partial charge in [-0.25, -0.2) is 0 Å². The van der Waals surface area contributed by atoms with Gasteiger partial charge < -0.3 is 0 Å². The molecule has 2 aromatic carbocycles. The van der Waals surface area contributed by atoms with Gasteiger partial charge in [0.25, 0.3) is 0 Å².